The molecule has 1 saturated carbocycles. The van der Waals surface area contributed by atoms with E-state index in [-0.39, 0.29) is 36.7 Å². The van der Waals surface area contributed by atoms with Crippen LogP contribution in [0.25, 0.3) is 0 Å². The van der Waals surface area contributed by atoms with Crippen LogP contribution in [0.4, 0.5) is 0 Å². The molecule has 41 heavy (non-hydrogen) atoms. The minimum Gasteiger partial charge on any atom is -0.480 e. The summed E-state index contributed by atoms with van der Waals surface area (Å²) >= 11 is 0. The van der Waals surface area contributed by atoms with Crippen molar-refractivity contribution >= 4 is 23.7 Å². The number of carbonyl (C=O) groups excluding carboxylic acids is 3. The molecule has 2 aliphatic carbocycles. The first-order valence-corrected chi connectivity index (χ1v) is 14.0. The molecule has 0 unspecified atom stereocenters. The second-order valence-corrected chi connectivity index (χ2v) is 11.3. The molecule has 2 aromatic rings. The summed E-state index contributed by atoms with van der Waals surface area (Å²) in [7, 11) is 3.09. The normalized spacial score (nSPS) is 22.2. The van der Waals surface area contributed by atoms with Crippen LogP contribution in [0, 0.1) is 17.2 Å². The van der Waals surface area contributed by atoms with Crippen LogP contribution in [0.2, 0.25) is 0 Å². The van der Waals surface area contributed by atoms with Crippen molar-refractivity contribution < 1.29 is 24.3 Å². The van der Waals surface area contributed by atoms with Crippen LogP contribution in [0.3, 0.4) is 0 Å². The van der Waals surface area contributed by atoms with Gasteiger partial charge in [0.05, 0.1) is 12.6 Å². The van der Waals surface area contributed by atoms with Gasteiger partial charge < -0.3 is 26.0 Å². The molecule has 0 spiro atoms. The van der Waals surface area contributed by atoms with E-state index in [1.165, 1.54) is 0 Å². The molecule has 1 saturated heterocycles. The summed E-state index contributed by atoms with van der Waals surface area (Å²) in [6, 6.07) is 11.8. The Bertz CT molecular complexity index is 1400. The summed E-state index contributed by atoms with van der Waals surface area (Å²) in [6.45, 7) is 1.86. The lowest BCUT2D eigenvalue weighted by Crippen LogP contribution is -2.48. The number of hydrogen-bond donors (Lipinski definition) is 4. The number of aliphatic carboxylic acids is 1. The van der Waals surface area contributed by atoms with Gasteiger partial charge in [0, 0.05) is 37.3 Å². The number of benzene rings is 2. The molecule has 0 bridgehead atoms. The molecule has 4 atom stereocenters. The third-order valence-electron chi connectivity index (χ3n) is 8.89. The first-order valence-electron chi connectivity index (χ1n) is 14.0. The zero-order chi connectivity index (χ0) is 29.5. The summed E-state index contributed by atoms with van der Waals surface area (Å²) in [5.41, 5.74) is 2.07. The van der Waals surface area contributed by atoms with Crippen LogP contribution in [0.5, 0.6) is 0 Å². The second-order valence-electron chi connectivity index (χ2n) is 11.3. The van der Waals surface area contributed by atoms with Crippen molar-refractivity contribution in [3.63, 3.8) is 0 Å². The van der Waals surface area contributed by atoms with Gasteiger partial charge in [0.25, 0.3) is 11.8 Å². The van der Waals surface area contributed by atoms with Gasteiger partial charge in [0.15, 0.2) is 0 Å². The fraction of sp³-hybridized carbons (Fsp3) is 0.452. The molecule has 0 aromatic heterocycles. The number of likely N-dealkylation sites (tertiary alicyclic amines) is 1. The second kappa shape index (κ2) is 11.0. The van der Waals surface area contributed by atoms with Crippen molar-refractivity contribution in [2.24, 2.45) is 5.92 Å². The average molecular weight is 558 g/mol. The van der Waals surface area contributed by atoms with Gasteiger partial charge >= 0.3 is 5.97 Å². The van der Waals surface area contributed by atoms with Crippen molar-refractivity contribution in [2.45, 2.75) is 62.6 Å². The van der Waals surface area contributed by atoms with Gasteiger partial charge in [-0.05, 0) is 91.5 Å². The third kappa shape index (κ3) is 4.95. The summed E-state index contributed by atoms with van der Waals surface area (Å²) in [4.78, 5) is 53.0. The van der Waals surface area contributed by atoms with Crippen LogP contribution in [-0.4, -0.2) is 72.5 Å². The Balaban J connectivity index is 1.51. The van der Waals surface area contributed by atoms with Crippen molar-refractivity contribution in [3.8, 4) is 6.07 Å². The molecule has 4 N–H and O–H groups in total. The molecule has 0 radical (unpaired) electrons. The first-order chi connectivity index (χ1) is 19.6. The van der Waals surface area contributed by atoms with E-state index in [0.717, 1.165) is 17.5 Å². The molecule has 2 aromatic carbocycles. The zero-order valence-corrected chi connectivity index (χ0v) is 23.5. The number of aryl methyl sites for hydroxylation is 2. The smallest absolute Gasteiger partial charge is 0.318 e. The Morgan fingerprint density at radius 1 is 1.00 bits per heavy atom. The van der Waals surface area contributed by atoms with E-state index in [0.29, 0.717) is 47.4 Å². The number of nitriles is 1. The fourth-order valence-electron chi connectivity index (χ4n) is 6.77. The van der Waals surface area contributed by atoms with Crippen LogP contribution in [0.15, 0.2) is 36.4 Å². The minimum absolute atomic E-state index is 0.00317. The Labute approximate surface area is 239 Å². The van der Waals surface area contributed by atoms with Crippen LogP contribution in [0.1, 0.15) is 69.2 Å². The Morgan fingerprint density at radius 2 is 1.56 bits per heavy atom. The molecular formula is C31H35N5O5. The van der Waals surface area contributed by atoms with E-state index in [1.807, 2.05) is 6.92 Å². The van der Waals surface area contributed by atoms with Crippen LogP contribution < -0.4 is 16.0 Å². The molecular weight excluding hydrogens is 522 g/mol. The van der Waals surface area contributed by atoms with Gasteiger partial charge in [-0.25, -0.2) is 0 Å². The Kier molecular flexibility index (Phi) is 7.58. The van der Waals surface area contributed by atoms with Crippen molar-refractivity contribution in [1.82, 2.24) is 20.9 Å². The highest BCUT2D eigenvalue weighted by molar-refractivity contribution is 5.96. The summed E-state index contributed by atoms with van der Waals surface area (Å²) in [5, 5.41) is 28.9. The van der Waals surface area contributed by atoms with E-state index in [9.17, 15) is 29.5 Å². The number of carboxylic acid groups (broad SMARTS) is 1. The highest BCUT2D eigenvalue weighted by Crippen LogP contribution is 2.48. The quantitative estimate of drug-likeness (QED) is 0.386. The molecule has 1 heterocycles. The number of nitrogens with zero attached hydrogens (tertiary/aromatic N) is 2. The number of fused-ring (bicyclic) bond motifs is 3. The molecule has 3 aliphatic rings. The molecule has 2 fully saturated rings. The van der Waals surface area contributed by atoms with Gasteiger partial charge in [-0.3, -0.25) is 19.2 Å². The Hall–Kier alpha value is -4.23. The standard InChI is InChI=1S/C31H35N5O5/c1-17(35-16-27(37)36-23(15-32)12-22-13-26(22)36)14-31(30(40)41)24-8-6-20(28(38)33-2)10-18(24)4-5-19-11-21(29(39)34-3)7-9-25(19)31/h6-11,17,22-23,26,35H,4-5,12-14,16H2,1-3H3,(H,33,38)(H,34,39)(H,40,41)/t17-,22-,23+,26+/m1/s1. The largest absolute Gasteiger partial charge is 0.480 e. The summed E-state index contributed by atoms with van der Waals surface area (Å²) in [5.74, 6) is -1.31. The lowest BCUT2D eigenvalue weighted by molar-refractivity contribution is -0.142. The monoisotopic (exact) mass is 557 g/mol. The van der Waals surface area contributed by atoms with Gasteiger partial charge in [-0.2, -0.15) is 5.26 Å². The maximum atomic E-state index is 13.4. The van der Waals surface area contributed by atoms with Crippen LogP contribution >= 0.6 is 0 Å². The number of piperidine rings is 1. The molecule has 1 aliphatic heterocycles. The molecule has 214 valence electrons. The number of nitrogens with one attached hydrogen (secondary N) is 3. The first kappa shape index (κ1) is 28.3. The predicted molar refractivity (Wildman–Crippen MR) is 150 cm³/mol. The number of rotatable bonds is 8. The number of amides is 3. The predicted octanol–water partition coefficient (Wildman–Crippen LogP) is 1.76. The third-order valence-corrected chi connectivity index (χ3v) is 8.89. The van der Waals surface area contributed by atoms with Crippen molar-refractivity contribution in [3.05, 3.63) is 69.8 Å². The van der Waals surface area contributed by atoms with E-state index < -0.39 is 23.5 Å². The molecule has 10 nitrogen and oxygen atoms in total. The maximum Gasteiger partial charge on any atom is 0.318 e. The lowest BCUT2D eigenvalue weighted by Gasteiger charge is -2.35. The minimum atomic E-state index is -1.50. The van der Waals surface area contributed by atoms with Gasteiger partial charge in [-0.1, -0.05) is 12.1 Å². The summed E-state index contributed by atoms with van der Waals surface area (Å²) in [6.07, 6.45) is 2.76. The highest BCUT2D eigenvalue weighted by atomic mass is 16.4. The maximum absolute atomic E-state index is 13.4. The number of hydrogen-bond acceptors (Lipinski definition) is 6. The van der Waals surface area contributed by atoms with Gasteiger partial charge in [-0.15, -0.1) is 0 Å². The van der Waals surface area contributed by atoms with E-state index in [4.69, 9.17) is 0 Å². The molecule has 5 rings (SSSR count). The van der Waals surface area contributed by atoms with Crippen molar-refractivity contribution in [1.29, 1.82) is 5.26 Å². The number of carboxylic acids is 1. The zero-order valence-electron chi connectivity index (χ0n) is 23.5. The van der Waals surface area contributed by atoms with Crippen LogP contribution in [-0.2, 0) is 27.8 Å². The van der Waals surface area contributed by atoms with E-state index in [2.05, 4.69) is 22.0 Å². The van der Waals surface area contributed by atoms with E-state index in [1.54, 1.807) is 55.4 Å². The summed E-state index contributed by atoms with van der Waals surface area (Å²) < 4.78 is 0. The lowest BCUT2D eigenvalue weighted by atomic mass is 9.68. The van der Waals surface area contributed by atoms with E-state index >= 15 is 0 Å². The van der Waals surface area contributed by atoms with Crippen molar-refractivity contribution in [2.75, 3.05) is 20.6 Å². The Morgan fingerprint density at radius 3 is 2.05 bits per heavy atom. The number of carbonyl (C=O) groups is 4. The van der Waals surface area contributed by atoms with Gasteiger partial charge in [0.1, 0.15) is 11.5 Å². The molecule has 10 heteroatoms. The topological polar surface area (TPSA) is 152 Å². The van der Waals surface area contributed by atoms with Gasteiger partial charge in [0.2, 0.25) is 5.91 Å². The average Bonchev–Trinajstić information content (AvgIpc) is 3.67. The fourth-order valence-corrected chi connectivity index (χ4v) is 6.77. The molecule has 3 amide bonds. The highest BCUT2D eigenvalue weighted by Gasteiger charge is 2.54. The SMILES string of the molecule is CNC(=O)c1ccc2c(c1)CCc1cc(C(=O)NC)ccc1C2(C[C@@H](C)NCC(=O)N1[C@H](C#N)C[C@@H]2C[C@@H]21)C(=O)O.